The Morgan fingerprint density at radius 3 is 2.45 bits per heavy atom. The van der Waals surface area contributed by atoms with Gasteiger partial charge in [-0.05, 0) is 6.42 Å². The third-order valence-corrected chi connectivity index (χ3v) is 4.30. The molecule has 2 N–H and O–H groups in total. The quantitative estimate of drug-likeness (QED) is 0.817. The largest absolute Gasteiger partial charge is 0.451 e. The van der Waals surface area contributed by atoms with Crippen LogP contribution in [0, 0.1) is 0 Å². The van der Waals surface area contributed by atoms with Crippen LogP contribution in [0.4, 0.5) is 13.2 Å². The zero-order chi connectivity index (χ0) is 15.0. The Bertz CT molecular complexity index is 511. The monoisotopic (exact) mass is 311 g/mol. The van der Waals surface area contributed by atoms with Crippen LogP contribution in [0.25, 0.3) is 0 Å². The maximum absolute atomic E-state index is 12.3. The van der Waals surface area contributed by atoms with E-state index in [1.165, 1.54) is 4.31 Å². The minimum Gasteiger partial charge on any atom is -0.393 e. The SMILES string of the molecule is O=S(c1cnc(C(F)(F)F)nc1)N1CCC(O)(CO)C1. The van der Waals surface area contributed by atoms with Crippen molar-refractivity contribution in [2.24, 2.45) is 0 Å². The van der Waals surface area contributed by atoms with Crippen molar-refractivity contribution in [2.75, 3.05) is 19.7 Å². The van der Waals surface area contributed by atoms with Crippen LogP contribution in [-0.2, 0) is 17.2 Å². The molecule has 1 aromatic rings. The highest BCUT2D eigenvalue weighted by molar-refractivity contribution is 7.82. The van der Waals surface area contributed by atoms with Gasteiger partial charge in [-0.15, -0.1) is 0 Å². The molecule has 0 spiro atoms. The van der Waals surface area contributed by atoms with Gasteiger partial charge in [0, 0.05) is 25.5 Å². The van der Waals surface area contributed by atoms with Gasteiger partial charge in [-0.1, -0.05) is 0 Å². The van der Waals surface area contributed by atoms with Crippen LogP contribution >= 0.6 is 0 Å². The van der Waals surface area contributed by atoms with Crippen LogP contribution in [0.5, 0.6) is 0 Å². The molecule has 10 heteroatoms. The van der Waals surface area contributed by atoms with Crippen LogP contribution in [0.1, 0.15) is 12.2 Å². The van der Waals surface area contributed by atoms with E-state index in [9.17, 15) is 22.5 Å². The summed E-state index contributed by atoms with van der Waals surface area (Å²) in [4.78, 5) is 6.28. The second kappa shape index (κ2) is 5.35. The van der Waals surface area contributed by atoms with E-state index in [0.29, 0.717) is 0 Å². The maximum Gasteiger partial charge on any atom is 0.451 e. The van der Waals surface area contributed by atoms with Crippen molar-refractivity contribution in [3.63, 3.8) is 0 Å². The molecule has 0 saturated carbocycles. The number of halogens is 3. The van der Waals surface area contributed by atoms with Crippen molar-refractivity contribution in [3.8, 4) is 0 Å². The summed E-state index contributed by atoms with van der Waals surface area (Å²) >= 11 is 0. The third-order valence-electron chi connectivity index (χ3n) is 2.91. The second-order valence-corrected chi connectivity index (χ2v) is 5.97. The van der Waals surface area contributed by atoms with Crippen molar-refractivity contribution in [1.82, 2.24) is 14.3 Å². The molecule has 0 amide bonds. The topological polar surface area (TPSA) is 86.6 Å². The fourth-order valence-corrected chi connectivity index (χ4v) is 2.99. The van der Waals surface area contributed by atoms with E-state index < -0.39 is 35.2 Å². The van der Waals surface area contributed by atoms with Gasteiger partial charge in [0.2, 0.25) is 5.82 Å². The average molecular weight is 311 g/mol. The fraction of sp³-hybridized carbons (Fsp3) is 0.600. The molecule has 2 heterocycles. The molecular weight excluding hydrogens is 299 g/mol. The van der Waals surface area contributed by atoms with Crippen molar-refractivity contribution in [3.05, 3.63) is 18.2 Å². The molecule has 1 saturated heterocycles. The summed E-state index contributed by atoms with van der Waals surface area (Å²) in [7, 11) is -1.77. The highest BCUT2D eigenvalue weighted by Crippen LogP contribution is 2.27. The van der Waals surface area contributed by atoms with Gasteiger partial charge in [-0.25, -0.2) is 18.5 Å². The number of β-amino-alcohol motifs (C(OH)–C–C–N with tert-alkyl or cyclic N) is 1. The molecule has 0 aliphatic carbocycles. The van der Waals surface area contributed by atoms with Gasteiger partial charge >= 0.3 is 6.18 Å². The van der Waals surface area contributed by atoms with Crippen molar-refractivity contribution >= 4 is 11.0 Å². The molecule has 0 radical (unpaired) electrons. The Morgan fingerprint density at radius 1 is 1.40 bits per heavy atom. The van der Waals surface area contributed by atoms with Crippen molar-refractivity contribution in [1.29, 1.82) is 0 Å². The third kappa shape index (κ3) is 3.14. The van der Waals surface area contributed by atoms with Crippen LogP contribution in [0.2, 0.25) is 0 Å². The van der Waals surface area contributed by atoms with E-state index in [1.54, 1.807) is 0 Å². The zero-order valence-corrected chi connectivity index (χ0v) is 11.0. The molecule has 112 valence electrons. The Kier molecular flexibility index (Phi) is 4.09. The first-order valence-electron chi connectivity index (χ1n) is 5.64. The van der Waals surface area contributed by atoms with Crippen LogP contribution in [-0.4, -0.2) is 54.0 Å². The average Bonchev–Trinajstić information content (AvgIpc) is 2.80. The lowest BCUT2D eigenvalue weighted by Gasteiger charge is -2.20. The van der Waals surface area contributed by atoms with Crippen LogP contribution < -0.4 is 0 Å². The lowest BCUT2D eigenvalue weighted by atomic mass is 10.1. The summed E-state index contributed by atoms with van der Waals surface area (Å²) in [5, 5.41) is 18.8. The predicted octanol–water partition coefficient (Wildman–Crippen LogP) is -0.0529. The second-order valence-electron chi connectivity index (χ2n) is 4.49. The minimum absolute atomic E-state index is 0.0141. The molecule has 1 aromatic heterocycles. The maximum atomic E-state index is 12.3. The highest BCUT2D eigenvalue weighted by atomic mass is 32.2. The fourth-order valence-electron chi connectivity index (χ4n) is 1.79. The van der Waals surface area contributed by atoms with Gasteiger partial charge in [0.1, 0.15) is 16.6 Å². The molecule has 6 nitrogen and oxygen atoms in total. The summed E-state index contributed by atoms with van der Waals surface area (Å²) in [5.74, 6) is -1.30. The standard InChI is InChI=1S/C10H12F3N3O3S/c11-10(12,13)8-14-3-7(4-15-8)20(19)16-2-1-9(18,5-16)6-17/h3-4,17-18H,1-2,5-6H2. The first-order valence-corrected chi connectivity index (χ1v) is 6.75. The summed E-state index contributed by atoms with van der Waals surface area (Å²) in [6.07, 6.45) is -2.72. The molecule has 20 heavy (non-hydrogen) atoms. The van der Waals surface area contributed by atoms with E-state index in [0.717, 1.165) is 12.4 Å². The number of alkyl halides is 3. The summed E-state index contributed by atoms with van der Waals surface area (Å²) in [5.41, 5.74) is -1.33. The molecule has 0 bridgehead atoms. The first-order chi connectivity index (χ1) is 9.25. The molecule has 2 unspecified atom stereocenters. The smallest absolute Gasteiger partial charge is 0.393 e. The first kappa shape index (κ1) is 15.3. The number of rotatable bonds is 3. The lowest BCUT2D eigenvalue weighted by molar-refractivity contribution is -0.145. The van der Waals surface area contributed by atoms with E-state index in [1.807, 2.05) is 0 Å². The van der Waals surface area contributed by atoms with E-state index in [2.05, 4.69) is 9.97 Å². The molecular formula is C10H12F3N3O3S. The highest BCUT2D eigenvalue weighted by Gasteiger charge is 2.39. The Balaban J connectivity index is 2.11. The number of aliphatic hydroxyl groups is 2. The van der Waals surface area contributed by atoms with Gasteiger partial charge in [-0.3, -0.25) is 0 Å². The van der Waals surface area contributed by atoms with Gasteiger partial charge in [-0.2, -0.15) is 13.2 Å². The number of aromatic nitrogens is 2. The zero-order valence-electron chi connectivity index (χ0n) is 10.2. The van der Waals surface area contributed by atoms with Crippen LogP contribution in [0.15, 0.2) is 17.3 Å². The molecule has 2 atom stereocenters. The molecule has 1 aliphatic heterocycles. The molecule has 1 aliphatic rings. The molecule has 0 aromatic carbocycles. The number of hydrogen-bond donors (Lipinski definition) is 2. The summed E-state index contributed by atoms with van der Waals surface area (Å²) < 4.78 is 50.3. The number of hydrogen-bond acceptors (Lipinski definition) is 5. The Morgan fingerprint density at radius 2 is 2.00 bits per heavy atom. The van der Waals surface area contributed by atoms with Crippen molar-refractivity contribution < 1.29 is 27.6 Å². The number of nitrogens with zero attached hydrogens (tertiary/aromatic N) is 3. The van der Waals surface area contributed by atoms with Crippen LogP contribution in [0.3, 0.4) is 0 Å². The van der Waals surface area contributed by atoms with E-state index in [-0.39, 0.29) is 24.4 Å². The normalized spacial score (nSPS) is 25.9. The van der Waals surface area contributed by atoms with Gasteiger partial charge in [0.05, 0.1) is 11.5 Å². The van der Waals surface area contributed by atoms with Gasteiger partial charge in [0.15, 0.2) is 0 Å². The van der Waals surface area contributed by atoms with E-state index >= 15 is 0 Å². The Labute approximate surface area is 114 Å². The predicted molar refractivity (Wildman–Crippen MR) is 61.7 cm³/mol. The van der Waals surface area contributed by atoms with E-state index in [4.69, 9.17) is 5.11 Å². The number of aliphatic hydroxyl groups excluding tert-OH is 1. The van der Waals surface area contributed by atoms with Gasteiger partial charge in [0.25, 0.3) is 0 Å². The van der Waals surface area contributed by atoms with Crippen molar-refractivity contribution in [2.45, 2.75) is 23.1 Å². The summed E-state index contributed by atoms with van der Waals surface area (Å²) in [6, 6.07) is 0. The minimum atomic E-state index is -4.65. The van der Waals surface area contributed by atoms with Gasteiger partial charge < -0.3 is 10.2 Å². The summed E-state index contributed by atoms with van der Waals surface area (Å²) in [6.45, 7) is -0.244. The molecule has 1 fully saturated rings. The Hall–Kier alpha value is -1.10. The molecule has 2 rings (SSSR count). The lowest BCUT2D eigenvalue weighted by Crippen LogP contribution is -2.37.